The van der Waals surface area contributed by atoms with E-state index in [4.69, 9.17) is 9.47 Å². The molecule has 0 bridgehead atoms. The zero-order valence-corrected chi connectivity index (χ0v) is 15.7. The summed E-state index contributed by atoms with van der Waals surface area (Å²) in [5, 5.41) is 0. The molecule has 0 spiro atoms. The second kappa shape index (κ2) is 7.82. The van der Waals surface area contributed by atoms with Gasteiger partial charge in [0.2, 0.25) is 0 Å². The molecule has 8 nitrogen and oxygen atoms in total. The fourth-order valence-corrected chi connectivity index (χ4v) is 3.33. The van der Waals surface area contributed by atoms with Crippen molar-refractivity contribution < 1.29 is 38.1 Å². The first kappa shape index (κ1) is 19.4. The highest BCUT2D eigenvalue weighted by atomic mass is 16.6. The third kappa shape index (κ3) is 3.55. The van der Waals surface area contributed by atoms with Crippen LogP contribution in [0, 0.1) is 0 Å². The van der Waals surface area contributed by atoms with E-state index >= 15 is 0 Å². The molecule has 2 aliphatic carbocycles. The highest BCUT2D eigenvalue weighted by molar-refractivity contribution is 6.18. The molecule has 0 aromatic heterocycles. The molecule has 0 aromatic rings. The van der Waals surface area contributed by atoms with Crippen molar-refractivity contribution in [2.24, 2.45) is 0 Å². The summed E-state index contributed by atoms with van der Waals surface area (Å²) in [5.74, 6) is -1.68. The first-order valence-electron chi connectivity index (χ1n) is 9.18. The van der Waals surface area contributed by atoms with Gasteiger partial charge in [0.25, 0.3) is 0 Å². The number of ether oxygens (including phenoxy) is 4. The van der Waals surface area contributed by atoms with E-state index in [2.05, 4.69) is 16.1 Å². The molecule has 0 amide bonds. The first-order chi connectivity index (χ1) is 14.5. The lowest BCUT2D eigenvalue weighted by molar-refractivity contribution is -0.152. The third-order valence-corrected chi connectivity index (χ3v) is 4.77. The Morgan fingerprint density at radius 3 is 2.37 bits per heavy atom. The van der Waals surface area contributed by atoms with Gasteiger partial charge in [0.05, 0.1) is 22.5 Å². The van der Waals surface area contributed by atoms with Crippen LogP contribution in [0.2, 0.25) is 0 Å². The molecule has 0 aromatic carbocycles. The topological polar surface area (TPSA) is 105 Å². The average molecular weight is 408 g/mol. The Bertz CT molecular complexity index is 1060. The van der Waals surface area contributed by atoms with Gasteiger partial charge in [-0.25, -0.2) is 19.2 Å². The lowest BCUT2D eigenvalue weighted by Crippen LogP contribution is -2.22. The molecular formula is C22H16O8. The van der Waals surface area contributed by atoms with Crippen molar-refractivity contribution in [3.05, 3.63) is 83.1 Å². The molecule has 0 N–H and O–H groups in total. The minimum absolute atomic E-state index is 0.0182. The van der Waals surface area contributed by atoms with Crippen LogP contribution in [0.4, 0.5) is 0 Å². The molecular weight excluding hydrogens is 392 g/mol. The molecule has 4 aliphatic rings. The van der Waals surface area contributed by atoms with Crippen molar-refractivity contribution in [3.63, 3.8) is 0 Å². The van der Waals surface area contributed by atoms with Gasteiger partial charge in [0, 0.05) is 19.3 Å². The molecule has 1 atom stereocenters. The number of allylic oxidation sites excluding steroid dienone is 6. The summed E-state index contributed by atoms with van der Waals surface area (Å²) in [7, 11) is 0. The van der Waals surface area contributed by atoms with E-state index < -0.39 is 30.0 Å². The second-order valence-electron chi connectivity index (χ2n) is 6.66. The van der Waals surface area contributed by atoms with Crippen LogP contribution in [0.3, 0.4) is 0 Å². The van der Waals surface area contributed by atoms with E-state index in [1.807, 2.05) is 0 Å². The maximum Gasteiger partial charge on any atom is 0.350 e. The lowest BCUT2D eigenvalue weighted by atomic mass is 9.96. The van der Waals surface area contributed by atoms with Crippen LogP contribution in [0.15, 0.2) is 83.1 Å². The van der Waals surface area contributed by atoms with Crippen molar-refractivity contribution in [2.75, 3.05) is 0 Å². The predicted octanol–water partition coefficient (Wildman–Crippen LogP) is 2.37. The summed E-state index contributed by atoms with van der Waals surface area (Å²) in [6, 6.07) is 0. The number of hydrogen-bond acceptors (Lipinski definition) is 8. The molecule has 0 radical (unpaired) electrons. The fourth-order valence-electron chi connectivity index (χ4n) is 3.33. The molecule has 1 fully saturated rings. The maximum atomic E-state index is 11.9. The maximum absolute atomic E-state index is 11.9. The van der Waals surface area contributed by atoms with E-state index in [-0.39, 0.29) is 22.3 Å². The van der Waals surface area contributed by atoms with Crippen molar-refractivity contribution in [2.45, 2.75) is 25.4 Å². The zero-order valence-electron chi connectivity index (χ0n) is 15.7. The predicted molar refractivity (Wildman–Crippen MR) is 101 cm³/mol. The van der Waals surface area contributed by atoms with E-state index in [0.717, 1.165) is 0 Å². The van der Waals surface area contributed by atoms with Crippen LogP contribution in [0.25, 0.3) is 0 Å². The third-order valence-electron chi connectivity index (χ3n) is 4.77. The smallest absolute Gasteiger partial charge is 0.350 e. The molecule has 2 aliphatic heterocycles. The summed E-state index contributed by atoms with van der Waals surface area (Å²) >= 11 is 0. The summed E-state index contributed by atoms with van der Waals surface area (Å²) in [6.45, 7) is 3.50. The quantitative estimate of drug-likeness (QED) is 0.296. The van der Waals surface area contributed by atoms with Crippen LogP contribution in [0.5, 0.6) is 0 Å². The zero-order chi connectivity index (χ0) is 21.3. The van der Waals surface area contributed by atoms with E-state index in [0.29, 0.717) is 30.8 Å². The van der Waals surface area contributed by atoms with Gasteiger partial charge in [-0.1, -0.05) is 24.8 Å². The number of rotatable bonds is 5. The van der Waals surface area contributed by atoms with Crippen LogP contribution in [0.1, 0.15) is 19.3 Å². The van der Waals surface area contributed by atoms with Gasteiger partial charge in [0.15, 0.2) is 0 Å². The number of hydrogen-bond donors (Lipinski definition) is 0. The van der Waals surface area contributed by atoms with Crippen LogP contribution < -0.4 is 0 Å². The molecule has 1 saturated heterocycles. The van der Waals surface area contributed by atoms with Crippen molar-refractivity contribution >= 4 is 23.9 Å². The number of cyclic esters (lactones) is 4. The van der Waals surface area contributed by atoms with E-state index in [9.17, 15) is 19.2 Å². The summed E-state index contributed by atoms with van der Waals surface area (Å²) in [4.78, 5) is 47.0. The summed E-state index contributed by atoms with van der Waals surface area (Å²) in [6.07, 6.45) is 11.5. The molecule has 8 heteroatoms. The normalized spacial score (nSPS) is 25.8. The Morgan fingerprint density at radius 2 is 1.63 bits per heavy atom. The number of carbonyl (C=O) groups excluding carboxylic acids is 4. The van der Waals surface area contributed by atoms with Crippen molar-refractivity contribution in [3.8, 4) is 0 Å². The molecule has 152 valence electrons. The monoisotopic (exact) mass is 408 g/mol. The van der Waals surface area contributed by atoms with E-state index in [1.54, 1.807) is 24.3 Å². The number of esters is 4. The summed E-state index contributed by atoms with van der Waals surface area (Å²) in [5.41, 5.74) is 0.577. The minimum atomic E-state index is -0.781. The van der Waals surface area contributed by atoms with Gasteiger partial charge in [-0.2, -0.15) is 0 Å². The van der Waals surface area contributed by atoms with Crippen LogP contribution in [-0.4, -0.2) is 30.0 Å². The summed E-state index contributed by atoms with van der Waals surface area (Å²) < 4.78 is 20.7. The van der Waals surface area contributed by atoms with Gasteiger partial charge < -0.3 is 18.9 Å². The van der Waals surface area contributed by atoms with Gasteiger partial charge in [0.1, 0.15) is 23.7 Å². The van der Waals surface area contributed by atoms with E-state index in [1.165, 1.54) is 18.4 Å². The van der Waals surface area contributed by atoms with Gasteiger partial charge in [-0.05, 0) is 18.2 Å². The Hall–Kier alpha value is -3.94. The van der Waals surface area contributed by atoms with Gasteiger partial charge >= 0.3 is 23.9 Å². The molecule has 4 rings (SSSR count). The standard InChI is InChI=1S/C22H16O8/c1-2-4-14-16(21(25)29-19(14)23)11-27-12-7-9-13(10-8-12)28-17-6-3-5-15-18(17)22(26)30-20(15)24/h2-5,7,9,11,17H,1,6,8,10H2/b14-4+,16-11-. The molecule has 0 saturated carbocycles. The highest BCUT2D eigenvalue weighted by Gasteiger charge is 2.39. The Morgan fingerprint density at radius 1 is 0.933 bits per heavy atom. The number of carbonyl (C=O) groups is 4. The SMILES string of the molecule is C=C/C=C1/C(=O)OC(=O)/C1=C\OC1=CC=C(OC2CC=CC3=C2C(=O)OC3=O)CC1. The van der Waals surface area contributed by atoms with Crippen LogP contribution >= 0.6 is 0 Å². The Kier molecular flexibility index (Phi) is 5.05. The van der Waals surface area contributed by atoms with Gasteiger partial charge in [-0.3, -0.25) is 0 Å². The molecule has 1 unspecified atom stereocenters. The molecule has 2 heterocycles. The first-order valence-corrected chi connectivity index (χ1v) is 9.18. The Balaban J connectivity index is 1.44. The highest BCUT2D eigenvalue weighted by Crippen LogP contribution is 2.32. The fraction of sp³-hybridized carbons (Fsp3) is 0.182. The van der Waals surface area contributed by atoms with Gasteiger partial charge in [-0.15, -0.1) is 0 Å². The minimum Gasteiger partial charge on any atom is -0.489 e. The largest absolute Gasteiger partial charge is 0.489 e. The van der Waals surface area contributed by atoms with Crippen LogP contribution in [-0.2, 0) is 38.1 Å². The lowest BCUT2D eigenvalue weighted by Gasteiger charge is -2.23. The molecule has 30 heavy (non-hydrogen) atoms. The second-order valence-corrected chi connectivity index (χ2v) is 6.66. The average Bonchev–Trinajstić information content (AvgIpc) is 3.17. The van der Waals surface area contributed by atoms with Crippen molar-refractivity contribution in [1.82, 2.24) is 0 Å². The van der Waals surface area contributed by atoms with Crippen molar-refractivity contribution in [1.29, 1.82) is 0 Å². The Labute approximate surface area is 171 Å².